The molecule has 0 N–H and O–H groups in total. The molecule has 31 heavy (non-hydrogen) atoms. The Kier molecular flexibility index (Phi) is 5.15. The topological polar surface area (TPSA) is 49.9 Å². The van der Waals surface area contributed by atoms with Crippen molar-refractivity contribution in [2.75, 3.05) is 9.96 Å². The third-order valence-electron chi connectivity index (χ3n) is 5.51. The maximum absolute atomic E-state index is 13.5. The monoisotopic (exact) mass is 472 g/mol. The van der Waals surface area contributed by atoms with Crippen molar-refractivity contribution in [3.05, 3.63) is 93.4 Å². The van der Waals surface area contributed by atoms with Gasteiger partial charge in [0.1, 0.15) is 5.92 Å². The highest BCUT2D eigenvalue weighted by Gasteiger charge is 2.60. The van der Waals surface area contributed by atoms with Crippen LogP contribution in [0.25, 0.3) is 0 Å². The van der Waals surface area contributed by atoms with Gasteiger partial charge >= 0.3 is 0 Å². The second-order valence-electron chi connectivity index (χ2n) is 7.29. The number of rotatable bonds is 3. The van der Waals surface area contributed by atoms with Crippen LogP contribution in [0.5, 0.6) is 0 Å². The van der Waals surface area contributed by atoms with Crippen molar-refractivity contribution in [1.82, 2.24) is 0 Å². The molecule has 0 saturated carbocycles. The van der Waals surface area contributed by atoms with E-state index in [9.17, 15) is 9.59 Å². The van der Waals surface area contributed by atoms with Crippen LogP contribution in [0.2, 0.25) is 15.1 Å². The summed E-state index contributed by atoms with van der Waals surface area (Å²) in [6, 6.07) is 20.6. The van der Waals surface area contributed by atoms with Gasteiger partial charge < -0.3 is 0 Å². The van der Waals surface area contributed by atoms with Crippen LogP contribution < -0.4 is 9.96 Å². The molecule has 3 aromatic rings. The van der Waals surface area contributed by atoms with E-state index in [1.807, 2.05) is 48.5 Å². The normalized spacial score (nSPS) is 22.9. The van der Waals surface area contributed by atoms with Gasteiger partial charge in [0.15, 0.2) is 6.10 Å². The lowest BCUT2D eigenvalue weighted by atomic mass is 9.90. The smallest absolute Gasteiger partial charge is 0.266 e. The van der Waals surface area contributed by atoms with Crippen LogP contribution in [0.4, 0.5) is 11.4 Å². The van der Waals surface area contributed by atoms with Gasteiger partial charge in [-0.15, -0.1) is 0 Å². The van der Waals surface area contributed by atoms with Crippen molar-refractivity contribution in [3.8, 4) is 0 Å². The zero-order valence-corrected chi connectivity index (χ0v) is 18.2. The number of halogens is 3. The van der Waals surface area contributed by atoms with Crippen LogP contribution in [0.3, 0.4) is 0 Å². The highest BCUT2D eigenvalue weighted by molar-refractivity contribution is 6.42. The van der Waals surface area contributed by atoms with E-state index in [-0.39, 0.29) is 10.9 Å². The van der Waals surface area contributed by atoms with E-state index < -0.39 is 24.0 Å². The molecule has 156 valence electrons. The first-order valence-corrected chi connectivity index (χ1v) is 10.7. The van der Waals surface area contributed by atoms with Crippen molar-refractivity contribution in [1.29, 1.82) is 0 Å². The average Bonchev–Trinajstić information content (AvgIpc) is 3.27. The molecule has 2 fully saturated rings. The van der Waals surface area contributed by atoms with E-state index in [0.717, 1.165) is 10.6 Å². The molecule has 2 amide bonds. The van der Waals surface area contributed by atoms with Gasteiger partial charge in [-0.3, -0.25) is 14.4 Å². The Morgan fingerprint density at radius 2 is 1.42 bits per heavy atom. The summed E-state index contributed by atoms with van der Waals surface area (Å²) in [5.74, 6) is -1.61. The molecule has 0 radical (unpaired) electrons. The summed E-state index contributed by atoms with van der Waals surface area (Å²) in [5, 5.41) is 2.70. The predicted molar refractivity (Wildman–Crippen MR) is 120 cm³/mol. The van der Waals surface area contributed by atoms with E-state index in [0.29, 0.717) is 21.3 Å². The third-order valence-corrected chi connectivity index (χ3v) is 6.59. The number of para-hydroxylation sites is 1. The number of carbonyl (C=O) groups is 2. The molecule has 0 bridgehead atoms. The molecule has 5 nitrogen and oxygen atoms in total. The molecule has 0 aromatic heterocycles. The number of fused-ring (bicyclic) bond motifs is 1. The molecule has 2 saturated heterocycles. The summed E-state index contributed by atoms with van der Waals surface area (Å²) in [6.07, 6.45) is -0.983. The van der Waals surface area contributed by atoms with Crippen LogP contribution in [-0.4, -0.2) is 17.9 Å². The number of amides is 2. The fourth-order valence-corrected chi connectivity index (χ4v) is 4.66. The number of hydroxylamine groups is 1. The molecule has 8 heteroatoms. The van der Waals surface area contributed by atoms with Gasteiger partial charge in [0.25, 0.3) is 5.91 Å². The Bertz CT molecular complexity index is 1190. The molecule has 5 rings (SSSR count). The highest BCUT2D eigenvalue weighted by Crippen LogP contribution is 2.49. The van der Waals surface area contributed by atoms with Gasteiger partial charge in [0, 0.05) is 5.02 Å². The first kappa shape index (κ1) is 20.3. The predicted octanol–water partition coefficient (Wildman–Crippen LogP) is 5.70. The Morgan fingerprint density at radius 3 is 2.13 bits per heavy atom. The maximum atomic E-state index is 13.5. The lowest BCUT2D eigenvalue weighted by molar-refractivity contribution is -0.126. The summed E-state index contributed by atoms with van der Waals surface area (Å²) >= 11 is 18.6. The second kappa shape index (κ2) is 7.84. The second-order valence-corrected chi connectivity index (χ2v) is 8.51. The number of nitrogens with zero attached hydrogens (tertiary/aromatic N) is 2. The number of benzene rings is 3. The van der Waals surface area contributed by atoms with Crippen LogP contribution in [0, 0.1) is 5.92 Å². The average molecular weight is 474 g/mol. The zero-order chi connectivity index (χ0) is 21.7. The van der Waals surface area contributed by atoms with Crippen molar-refractivity contribution < 1.29 is 14.4 Å². The number of hydrogen-bond donors (Lipinski definition) is 0. The number of carbonyl (C=O) groups excluding carboxylic acids is 2. The first-order chi connectivity index (χ1) is 15.0. The SMILES string of the molecule is O=C1[C@@H]2[C@@H](c3ccccc3Cl)N(c3ccccc3)O[C@H]2C(=O)N1c1ccc(Cl)c(Cl)c1. The fraction of sp³-hybridized carbons (Fsp3) is 0.130. The van der Waals surface area contributed by atoms with Gasteiger partial charge in [-0.25, -0.2) is 9.96 Å². The lowest BCUT2D eigenvalue weighted by Crippen LogP contribution is -2.37. The molecule has 2 heterocycles. The lowest BCUT2D eigenvalue weighted by Gasteiger charge is -2.29. The summed E-state index contributed by atoms with van der Waals surface area (Å²) in [5.41, 5.74) is 1.78. The Balaban J connectivity index is 1.60. The van der Waals surface area contributed by atoms with Crippen LogP contribution in [0.1, 0.15) is 11.6 Å². The van der Waals surface area contributed by atoms with Crippen LogP contribution in [-0.2, 0) is 14.4 Å². The minimum atomic E-state index is -0.983. The molecule has 0 unspecified atom stereocenters. The van der Waals surface area contributed by atoms with E-state index in [1.54, 1.807) is 23.3 Å². The van der Waals surface area contributed by atoms with Crippen LogP contribution in [0.15, 0.2) is 72.8 Å². The number of anilines is 2. The maximum Gasteiger partial charge on any atom is 0.266 e. The summed E-state index contributed by atoms with van der Waals surface area (Å²) in [4.78, 5) is 34.0. The molecule has 0 spiro atoms. The van der Waals surface area contributed by atoms with Crippen LogP contribution >= 0.6 is 34.8 Å². The Labute approximate surface area is 193 Å². The molecule has 3 atom stereocenters. The van der Waals surface area contributed by atoms with E-state index in [4.69, 9.17) is 39.6 Å². The molecular weight excluding hydrogens is 459 g/mol. The highest BCUT2D eigenvalue weighted by atomic mass is 35.5. The number of imide groups is 1. The minimum absolute atomic E-state index is 0.256. The summed E-state index contributed by atoms with van der Waals surface area (Å²) in [6.45, 7) is 0. The van der Waals surface area contributed by atoms with Gasteiger partial charge in [-0.1, -0.05) is 71.2 Å². The standard InChI is InChI=1S/C23H15Cl3N2O3/c24-16-9-5-4-8-15(16)20-19-21(31-28(20)13-6-2-1-3-7-13)23(30)27(22(19)29)14-10-11-17(25)18(26)12-14/h1-12,19-21H/t19-,20-,21-/m1/s1. The number of hydrogen-bond acceptors (Lipinski definition) is 4. The van der Waals surface area contributed by atoms with E-state index >= 15 is 0 Å². The van der Waals surface area contributed by atoms with Gasteiger partial charge in [0.05, 0.1) is 27.5 Å². The quantitative estimate of drug-likeness (QED) is 0.458. The summed E-state index contributed by atoms with van der Waals surface area (Å²) < 4.78 is 0. The molecular formula is C23H15Cl3N2O3. The van der Waals surface area contributed by atoms with E-state index in [2.05, 4.69) is 0 Å². The van der Waals surface area contributed by atoms with Gasteiger partial charge in [-0.05, 0) is 42.0 Å². The van der Waals surface area contributed by atoms with Crippen molar-refractivity contribution in [2.24, 2.45) is 5.92 Å². The molecule has 3 aromatic carbocycles. The van der Waals surface area contributed by atoms with Crippen molar-refractivity contribution in [3.63, 3.8) is 0 Å². The molecule has 2 aliphatic rings. The van der Waals surface area contributed by atoms with Crippen molar-refractivity contribution >= 4 is 58.0 Å². The van der Waals surface area contributed by atoms with E-state index in [1.165, 1.54) is 6.07 Å². The van der Waals surface area contributed by atoms with Gasteiger partial charge in [0.2, 0.25) is 5.91 Å². The molecule has 2 aliphatic heterocycles. The Morgan fingerprint density at radius 1 is 0.710 bits per heavy atom. The van der Waals surface area contributed by atoms with Crippen molar-refractivity contribution in [2.45, 2.75) is 12.1 Å². The largest absolute Gasteiger partial charge is 0.273 e. The zero-order valence-electron chi connectivity index (χ0n) is 15.9. The fourth-order valence-electron chi connectivity index (χ4n) is 4.12. The first-order valence-electron chi connectivity index (χ1n) is 9.55. The van der Waals surface area contributed by atoms with Gasteiger partial charge in [-0.2, -0.15) is 0 Å². The Hall–Kier alpha value is -2.57. The minimum Gasteiger partial charge on any atom is -0.273 e. The third kappa shape index (κ3) is 3.29. The summed E-state index contributed by atoms with van der Waals surface area (Å²) in [7, 11) is 0. The molecule has 0 aliphatic carbocycles.